The molecule has 3 rings (SSSR count). The summed E-state index contributed by atoms with van der Waals surface area (Å²) in [4.78, 5) is 16.8. The van der Waals surface area contributed by atoms with Crippen molar-refractivity contribution in [1.29, 1.82) is 0 Å². The minimum absolute atomic E-state index is 0.0793. The molecule has 1 heterocycles. The van der Waals surface area contributed by atoms with Crippen LogP contribution in [0.3, 0.4) is 0 Å². The fourth-order valence-corrected chi connectivity index (χ4v) is 2.85. The van der Waals surface area contributed by atoms with Crippen molar-refractivity contribution in [2.24, 2.45) is 0 Å². The van der Waals surface area contributed by atoms with Crippen LogP contribution in [0.2, 0.25) is 0 Å². The minimum atomic E-state index is -0.435. The highest BCUT2D eigenvalue weighted by molar-refractivity contribution is 7.80. The molecule has 3 aromatic rings. The Morgan fingerprint density at radius 2 is 2.00 bits per heavy atom. The average Bonchev–Trinajstić information content (AvgIpc) is 2.95. The zero-order chi connectivity index (χ0) is 18.7. The second-order valence-electron chi connectivity index (χ2n) is 5.62. The quantitative estimate of drug-likeness (QED) is 0.487. The van der Waals surface area contributed by atoms with E-state index in [1.165, 1.54) is 6.07 Å². The average molecular weight is 371 g/mol. The van der Waals surface area contributed by atoms with Crippen molar-refractivity contribution in [2.45, 2.75) is 20.4 Å². The fourth-order valence-electron chi connectivity index (χ4n) is 2.69. The number of hydrogen-bond donors (Lipinski definition) is 3. The molecule has 0 aliphatic carbocycles. The largest absolute Gasteiger partial charge is 0.329 e. The standard InChI is InChI=1S/C18H18FN5OS/c1-3-24-11(2)20-15-10-12(8-9-16(15)24)17(25)22-23-18(26)21-14-7-5-4-6-13(14)19/h4-10H,3H2,1-2H3,(H,22,25)(H2,21,23,26). The number of hydrazine groups is 1. The van der Waals surface area contributed by atoms with E-state index in [1.807, 2.05) is 19.9 Å². The van der Waals surface area contributed by atoms with Gasteiger partial charge in [0.2, 0.25) is 0 Å². The number of rotatable bonds is 3. The van der Waals surface area contributed by atoms with Gasteiger partial charge < -0.3 is 9.88 Å². The zero-order valence-electron chi connectivity index (χ0n) is 14.3. The van der Waals surface area contributed by atoms with E-state index in [9.17, 15) is 9.18 Å². The number of anilines is 1. The number of halogens is 1. The molecule has 0 atom stereocenters. The van der Waals surface area contributed by atoms with Gasteiger partial charge in [-0.1, -0.05) is 12.1 Å². The maximum Gasteiger partial charge on any atom is 0.269 e. The van der Waals surface area contributed by atoms with Crippen LogP contribution in [0.4, 0.5) is 10.1 Å². The molecule has 3 N–H and O–H groups in total. The Bertz CT molecular complexity index is 985. The monoisotopic (exact) mass is 371 g/mol. The number of aryl methyl sites for hydroxylation is 2. The molecule has 0 unspecified atom stereocenters. The van der Waals surface area contributed by atoms with Gasteiger partial charge in [0.1, 0.15) is 11.6 Å². The van der Waals surface area contributed by atoms with Gasteiger partial charge in [0.15, 0.2) is 5.11 Å². The maximum absolute atomic E-state index is 13.6. The number of hydrogen-bond acceptors (Lipinski definition) is 3. The summed E-state index contributed by atoms with van der Waals surface area (Å²) >= 11 is 5.06. The first kappa shape index (κ1) is 17.8. The van der Waals surface area contributed by atoms with E-state index >= 15 is 0 Å². The van der Waals surface area contributed by atoms with Crippen molar-refractivity contribution in [3.63, 3.8) is 0 Å². The number of amides is 1. The molecule has 0 fully saturated rings. The number of fused-ring (bicyclic) bond motifs is 1. The van der Waals surface area contributed by atoms with Gasteiger partial charge in [-0.05, 0) is 56.4 Å². The van der Waals surface area contributed by atoms with Gasteiger partial charge in [-0.15, -0.1) is 0 Å². The van der Waals surface area contributed by atoms with Crippen molar-refractivity contribution >= 4 is 40.0 Å². The Morgan fingerprint density at radius 3 is 2.73 bits per heavy atom. The van der Waals surface area contributed by atoms with E-state index in [-0.39, 0.29) is 16.7 Å². The topological polar surface area (TPSA) is 71.0 Å². The van der Waals surface area contributed by atoms with Crippen LogP contribution in [0.15, 0.2) is 42.5 Å². The highest BCUT2D eigenvalue weighted by atomic mass is 32.1. The molecular weight excluding hydrogens is 353 g/mol. The number of carbonyl (C=O) groups is 1. The molecule has 1 amide bonds. The number of benzene rings is 2. The summed E-state index contributed by atoms with van der Waals surface area (Å²) < 4.78 is 15.7. The van der Waals surface area contributed by atoms with Crippen LogP contribution in [0, 0.1) is 12.7 Å². The van der Waals surface area contributed by atoms with E-state index in [4.69, 9.17) is 12.2 Å². The molecule has 26 heavy (non-hydrogen) atoms. The predicted octanol–water partition coefficient (Wildman–Crippen LogP) is 3.14. The van der Waals surface area contributed by atoms with Gasteiger partial charge in [-0.25, -0.2) is 9.37 Å². The van der Waals surface area contributed by atoms with Crippen LogP contribution in [0.5, 0.6) is 0 Å². The highest BCUT2D eigenvalue weighted by Gasteiger charge is 2.11. The first-order valence-electron chi connectivity index (χ1n) is 8.08. The van der Waals surface area contributed by atoms with Crippen molar-refractivity contribution in [3.8, 4) is 0 Å². The van der Waals surface area contributed by atoms with Crippen LogP contribution in [0.25, 0.3) is 11.0 Å². The normalized spacial score (nSPS) is 10.6. The van der Waals surface area contributed by atoms with Crippen LogP contribution in [0.1, 0.15) is 23.1 Å². The second kappa shape index (κ2) is 7.49. The lowest BCUT2D eigenvalue weighted by Crippen LogP contribution is -2.43. The Morgan fingerprint density at radius 1 is 1.23 bits per heavy atom. The first-order valence-corrected chi connectivity index (χ1v) is 8.49. The van der Waals surface area contributed by atoms with Crippen molar-refractivity contribution < 1.29 is 9.18 Å². The summed E-state index contributed by atoms with van der Waals surface area (Å²) in [6.07, 6.45) is 0. The third-order valence-corrected chi connectivity index (χ3v) is 4.13. The number of thiocarbonyl (C=S) groups is 1. The molecule has 0 bridgehead atoms. The SMILES string of the molecule is CCn1c(C)nc2cc(C(=O)NNC(=S)Nc3ccccc3F)ccc21. The smallest absolute Gasteiger partial charge is 0.269 e. The number of imidazole rings is 1. The number of aromatic nitrogens is 2. The van der Waals surface area contributed by atoms with Gasteiger partial charge in [-0.2, -0.15) is 0 Å². The fraction of sp³-hybridized carbons (Fsp3) is 0.167. The van der Waals surface area contributed by atoms with Crippen LogP contribution in [-0.2, 0) is 6.54 Å². The van der Waals surface area contributed by atoms with Crippen LogP contribution < -0.4 is 16.2 Å². The van der Waals surface area contributed by atoms with E-state index < -0.39 is 5.82 Å². The Kier molecular flexibility index (Phi) is 5.13. The molecule has 0 aliphatic rings. The Hall–Kier alpha value is -3.00. The summed E-state index contributed by atoms with van der Waals surface area (Å²) in [5, 5.41) is 2.76. The molecule has 0 aliphatic heterocycles. The van der Waals surface area contributed by atoms with E-state index in [0.717, 1.165) is 23.4 Å². The van der Waals surface area contributed by atoms with E-state index in [0.29, 0.717) is 5.56 Å². The summed E-state index contributed by atoms with van der Waals surface area (Å²) in [7, 11) is 0. The van der Waals surface area contributed by atoms with Gasteiger partial charge >= 0.3 is 0 Å². The molecular formula is C18H18FN5OS. The van der Waals surface area contributed by atoms with Gasteiger partial charge in [0.25, 0.3) is 5.91 Å². The lowest BCUT2D eigenvalue weighted by molar-refractivity contribution is 0.0944. The maximum atomic E-state index is 13.6. The summed E-state index contributed by atoms with van der Waals surface area (Å²) in [6, 6.07) is 11.4. The van der Waals surface area contributed by atoms with Crippen molar-refractivity contribution in [2.75, 3.05) is 5.32 Å². The van der Waals surface area contributed by atoms with Crippen LogP contribution >= 0.6 is 12.2 Å². The molecule has 0 radical (unpaired) electrons. The first-order chi connectivity index (χ1) is 12.5. The summed E-state index contributed by atoms with van der Waals surface area (Å²) in [6.45, 7) is 4.78. The molecule has 6 nitrogen and oxygen atoms in total. The third kappa shape index (κ3) is 3.65. The molecule has 0 saturated carbocycles. The molecule has 2 aromatic carbocycles. The van der Waals surface area contributed by atoms with Gasteiger partial charge in [0.05, 0.1) is 16.7 Å². The lowest BCUT2D eigenvalue weighted by Gasteiger charge is -2.12. The molecule has 8 heteroatoms. The Balaban J connectivity index is 1.65. The predicted molar refractivity (Wildman–Crippen MR) is 103 cm³/mol. The molecule has 134 valence electrons. The van der Waals surface area contributed by atoms with Crippen molar-refractivity contribution in [3.05, 3.63) is 59.7 Å². The zero-order valence-corrected chi connectivity index (χ0v) is 15.2. The van der Waals surface area contributed by atoms with Gasteiger partial charge in [0, 0.05) is 12.1 Å². The molecule has 0 saturated heterocycles. The third-order valence-electron chi connectivity index (χ3n) is 3.93. The molecule has 1 aromatic heterocycles. The number of nitrogens with zero attached hydrogens (tertiary/aromatic N) is 2. The number of nitrogens with one attached hydrogen (secondary N) is 3. The number of para-hydroxylation sites is 1. The van der Waals surface area contributed by atoms with E-state index in [1.54, 1.807) is 30.3 Å². The van der Waals surface area contributed by atoms with Crippen molar-refractivity contribution in [1.82, 2.24) is 20.4 Å². The Labute approximate surface area is 155 Å². The number of carbonyl (C=O) groups excluding carboxylic acids is 1. The van der Waals surface area contributed by atoms with Crippen LogP contribution in [-0.4, -0.2) is 20.6 Å². The second-order valence-corrected chi connectivity index (χ2v) is 6.03. The summed E-state index contributed by atoms with van der Waals surface area (Å²) in [5.41, 5.74) is 7.45. The lowest BCUT2D eigenvalue weighted by atomic mass is 10.2. The van der Waals surface area contributed by atoms with Gasteiger partial charge in [-0.3, -0.25) is 15.6 Å². The summed E-state index contributed by atoms with van der Waals surface area (Å²) in [5.74, 6) is 0.0945. The van der Waals surface area contributed by atoms with E-state index in [2.05, 4.69) is 25.7 Å². The molecule has 0 spiro atoms. The minimum Gasteiger partial charge on any atom is -0.329 e. The highest BCUT2D eigenvalue weighted by Crippen LogP contribution is 2.17.